The smallest absolute Gasteiger partial charge is 0.251 e. The largest absolute Gasteiger partial charge is 0.497 e. The van der Waals surface area contributed by atoms with Crippen molar-refractivity contribution in [2.45, 2.75) is 6.42 Å². The van der Waals surface area contributed by atoms with E-state index in [0.29, 0.717) is 40.9 Å². The molecule has 0 spiro atoms. The van der Waals surface area contributed by atoms with Crippen LogP contribution in [-0.4, -0.2) is 34.7 Å². The van der Waals surface area contributed by atoms with Gasteiger partial charge in [-0.2, -0.15) is 5.10 Å². The quantitative estimate of drug-likeness (QED) is 0.711. The zero-order chi connectivity index (χ0) is 17.6. The molecule has 0 radical (unpaired) electrons. The van der Waals surface area contributed by atoms with Crippen LogP contribution >= 0.6 is 11.6 Å². The Hall–Kier alpha value is -2.86. The highest BCUT2D eigenvalue weighted by Crippen LogP contribution is 2.17. The van der Waals surface area contributed by atoms with Gasteiger partial charge in [0.1, 0.15) is 11.6 Å². The summed E-state index contributed by atoms with van der Waals surface area (Å²) < 4.78 is 5.12. The van der Waals surface area contributed by atoms with Gasteiger partial charge in [0.25, 0.3) is 5.91 Å². The lowest BCUT2D eigenvalue weighted by Gasteiger charge is -2.05. The van der Waals surface area contributed by atoms with Crippen molar-refractivity contribution >= 4 is 17.5 Å². The zero-order valence-corrected chi connectivity index (χ0v) is 14.4. The number of aromatic nitrogens is 3. The molecule has 0 bridgehead atoms. The molecule has 6 nitrogen and oxygen atoms in total. The predicted octanol–water partition coefficient (Wildman–Crippen LogP) is 3.11. The molecule has 25 heavy (non-hydrogen) atoms. The Kier molecular flexibility index (Phi) is 5.30. The third-order valence-corrected chi connectivity index (χ3v) is 3.87. The Morgan fingerprint density at radius 3 is 2.80 bits per heavy atom. The number of nitrogens with zero attached hydrogens (tertiary/aromatic N) is 2. The van der Waals surface area contributed by atoms with Gasteiger partial charge in [-0.3, -0.25) is 9.89 Å². The second-order valence-electron chi connectivity index (χ2n) is 5.35. The van der Waals surface area contributed by atoms with E-state index in [1.165, 1.54) is 0 Å². The van der Waals surface area contributed by atoms with Crippen molar-refractivity contribution in [3.8, 4) is 17.1 Å². The number of hydrogen-bond donors (Lipinski definition) is 2. The van der Waals surface area contributed by atoms with Crippen molar-refractivity contribution < 1.29 is 9.53 Å². The molecule has 0 saturated carbocycles. The summed E-state index contributed by atoms with van der Waals surface area (Å²) in [5.74, 6) is 1.80. The molecule has 2 N–H and O–H groups in total. The number of carbonyl (C=O) groups excluding carboxylic acids is 1. The van der Waals surface area contributed by atoms with E-state index in [1.54, 1.807) is 43.5 Å². The first-order chi connectivity index (χ1) is 12.2. The van der Waals surface area contributed by atoms with Crippen LogP contribution in [0, 0.1) is 0 Å². The van der Waals surface area contributed by atoms with Gasteiger partial charge < -0.3 is 10.1 Å². The number of methoxy groups -OCH3 is 1. The van der Waals surface area contributed by atoms with E-state index < -0.39 is 0 Å². The molecule has 3 aromatic rings. The van der Waals surface area contributed by atoms with Gasteiger partial charge in [0.15, 0.2) is 5.82 Å². The normalized spacial score (nSPS) is 10.5. The lowest BCUT2D eigenvalue weighted by molar-refractivity contribution is 0.0953. The molecule has 1 heterocycles. The summed E-state index contributed by atoms with van der Waals surface area (Å²) >= 11 is 5.88. The van der Waals surface area contributed by atoms with E-state index in [2.05, 4.69) is 20.5 Å². The van der Waals surface area contributed by atoms with E-state index in [1.807, 2.05) is 12.1 Å². The first-order valence-electron chi connectivity index (χ1n) is 7.75. The molecule has 0 aliphatic heterocycles. The highest BCUT2D eigenvalue weighted by molar-refractivity contribution is 6.30. The fourth-order valence-corrected chi connectivity index (χ4v) is 2.42. The Bertz CT molecular complexity index is 862. The van der Waals surface area contributed by atoms with Crippen LogP contribution in [0.1, 0.15) is 16.2 Å². The number of ether oxygens (including phenoxy) is 1. The molecule has 0 unspecified atom stereocenters. The standard InChI is InChI=1S/C18H17ClN4O2/c1-25-15-4-2-3-13(11-15)18(24)20-10-9-16-21-17(23-22-16)12-5-7-14(19)8-6-12/h2-8,11H,9-10H2,1H3,(H,20,24)(H,21,22,23). The molecule has 0 fully saturated rings. The Morgan fingerprint density at radius 2 is 2.04 bits per heavy atom. The number of carbonyl (C=O) groups is 1. The molecule has 7 heteroatoms. The molecular weight excluding hydrogens is 340 g/mol. The molecule has 1 amide bonds. The third kappa shape index (κ3) is 4.36. The molecular formula is C18H17ClN4O2. The SMILES string of the molecule is COc1cccc(C(=O)NCCc2nc(-c3ccc(Cl)cc3)n[nH]2)c1. The molecule has 0 atom stereocenters. The van der Waals surface area contributed by atoms with Crippen LogP contribution in [0.3, 0.4) is 0 Å². The molecule has 0 aliphatic rings. The molecule has 0 aliphatic carbocycles. The monoisotopic (exact) mass is 356 g/mol. The summed E-state index contributed by atoms with van der Waals surface area (Å²) in [5.41, 5.74) is 1.44. The topological polar surface area (TPSA) is 79.9 Å². The maximum absolute atomic E-state index is 12.1. The van der Waals surface area contributed by atoms with Crippen LogP contribution < -0.4 is 10.1 Å². The minimum absolute atomic E-state index is 0.156. The fraction of sp³-hybridized carbons (Fsp3) is 0.167. The Morgan fingerprint density at radius 1 is 1.24 bits per heavy atom. The Balaban J connectivity index is 1.55. The molecule has 128 valence electrons. The van der Waals surface area contributed by atoms with Crippen molar-refractivity contribution in [1.29, 1.82) is 0 Å². The Labute approximate surface area is 150 Å². The van der Waals surface area contributed by atoms with Gasteiger partial charge in [0, 0.05) is 29.1 Å². The first-order valence-corrected chi connectivity index (χ1v) is 8.13. The van der Waals surface area contributed by atoms with Crippen LogP contribution in [0.2, 0.25) is 5.02 Å². The van der Waals surface area contributed by atoms with E-state index in [9.17, 15) is 4.79 Å². The van der Waals surface area contributed by atoms with Gasteiger partial charge in [-0.05, 0) is 42.5 Å². The number of benzene rings is 2. The van der Waals surface area contributed by atoms with E-state index in [-0.39, 0.29) is 5.91 Å². The highest BCUT2D eigenvalue weighted by atomic mass is 35.5. The average molecular weight is 357 g/mol. The molecule has 3 rings (SSSR count). The third-order valence-electron chi connectivity index (χ3n) is 3.61. The van der Waals surface area contributed by atoms with Gasteiger partial charge in [-0.15, -0.1) is 0 Å². The maximum atomic E-state index is 12.1. The molecule has 2 aromatic carbocycles. The van der Waals surface area contributed by atoms with Crippen LogP contribution in [0.4, 0.5) is 0 Å². The number of rotatable bonds is 6. The van der Waals surface area contributed by atoms with Crippen molar-refractivity contribution in [1.82, 2.24) is 20.5 Å². The van der Waals surface area contributed by atoms with Crippen molar-refractivity contribution in [3.05, 3.63) is 64.9 Å². The number of hydrogen-bond acceptors (Lipinski definition) is 4. The average Bonchev–Trinajstić information content (AvgIpc) is 3.11. The fourth-order valence-electron chi connectivity index (χ4n) is 2.30. The van der Waals surface area contributed by atoms with Gasteiger partial charge in [-0.1, -0.05) is 17.7 Å². The lowest BCUT2D eigenvalue weighted by atomic mass is 10.2. The van der Waals surface area contributed by atoms with E-state index in [0.717, 1.165) is 5.56 Å². The second-order valence-corrected chi connectivity index (χ2v) is 5.79. The summed E-state index contributed by atoms with van der Waals surface area (Å²) in [6, 6.07) is 14.3. The summed E-state index contributed by atoms with van der Waals surface area (Å²) in [7, 11) is 1.57. The minimum atomic E-state index is -0.156. The zero-order valence-electron chi connectivity index (χ0n) is 13.6. The summed E-state index contributed by atoms with van der Waals surface area (Å²) in [6.07, 6.45) is 0.552. The van der Waals surface area contributed by atoms with Gasteiger partial charge >= 0.3 is 0 Å². The number of aromatic amines is 1. The molecule has 1 aromatic heterocycles. The predicted molar refractivity (Wildman–Crippen MR) is 95.9 cm³/mol. The van der Waals surface area contributed by atoms with Crippen molar-refractivity contribution in [2.75, 3.05) is 13.7 Å². The van der Waals surface area contributed by atoms with Crippen molar-refractivity contribution in [3.63, 3.8) is 0 Å². The summed E-state index contributed by atoms with van der Waals surface area (Å²) in [4.78, 5) is 16.6. The van der Waals surface area contributed by atoms with Gasteiger partial charge in [0.2, 0.25) is 0 Å². The van der Waals surface area contributed by atoms with E-state index >= 15 is 0 Å². The van der Waals surface area contributed by atoms with Gasteiger partial charge in [-0.25, -0.2) is 4.98 Å². The molecule has 0 saturated heterocycles. The van der Waals surface area contributed by atoms with E-state index in [4.69, 9.17) is 16.3 Å². The maximum Gasteiger partial charge on any atom is 0.251 e. The van der Waals surface area contributed by atoms with Crippen molar-refractivity contribution in [2.24, 2.45) is 0 Å². The van der Waals surface area contributed by atoms with Gasteiger partial charge in [0.05, 0.1) is 7.11 Å². The summed E-state index contributed by atoms with van der Waals surface area (Å²) in [6.45, 7) is 0.450. The number of nitrogens with one attached hydrogen (secondary N) is 2. The van der Waals surface area contributed by atoms with Crippen LogP contribution in [-0.2, 0) is 6.42 Å². The minimum Gasteiger partial charge on any atom is -0.497 e. The first kappa shape index (κ1) is 17.0. The number of H-pyrrole nitrogens is 1. The van der Waals surface area contributed by atoms with Crippen LogP contribution in [0.25, 0.3) is 11.4 Å². The summed E-state index contributed by atoms with van der Waals surface area (Å²) in [5, 5.41) is 10.6. The lowest BCUT2D eigenvalue weighted by Crippen LogP contribution is -2.25. The second kappa shape index (κ2) is 7.81. The number of halogens is 1. The highest BCUT2D eigenvalue weighted by Gasteiger charge is 2.08. The number of amides is 1. The van der Waals surface area contributed by atoms with Crippen LogP contribution in [0.15, 0.2) is 48.5 Å². The van der Waals surface area contributed by atoms with Crippen LogP contribution in [0.5, 0.6) is 5.75 Å².